The van der Waals surface area contributed by atoms with Gasteiger partial charge in [-0.1, -0.05) is 0 Å². The Bertz CT molecular complexity index is 117. The fourth-order valence-electron chi connectivity index (χ4n) is 0.595. The molecule has 4 heteroatoms. The standard InChI is InChI=1S/C7H15NO2S/c1-8(2)5-4-6-10-7(9)11-3/h4-6H2,1-3H3. The molecule has 0 aliphatic rings. The van der Waals surface area contributed by atoms with Crippen LogP contribution in [0.5, 0.6) is 0 Å². The van der Waals surface area contributed by atoms with Gasteiger partial charge in [-0.3, -0.25) is 0 Å². The van der Waals surface area contributed by atoms with Crippen molar-refractivity contribution in [2.45, 2.75) is 6.42 Å². The number of rotatable bonds is 4. The Morgan fingerprint density at radius 3 is 2.64 bits per heavy atom. The van der Waals surface area contributed by atoms with Crippen molar-refractivity contribution < 1.29 is 9.53 Å². The van der Waals surface area contributed by atoms with Crippen molar-refractivity contribution in [3.05, 3.63) is 0 Å². The molecule has 0 aromatic heterocycles. The topological polar surface area (TPSA) is 29.5 Å². The number of hydrogen-bond acceptors (Lipinski definition) is 4. The van der Waals surface area contributed by atoms with E-state index in [1.165, 1.54) is 0 Å². The molecule has 0 bridgehead atoms. The van der Waals surface area contributed by atoms with E-state index >= 15 is 0 Å². The Balaban J connectivity index is 3.08. The van der Waals surface area contributed by atoms with Crippen LogP contribution in [0.25, 0.3) is 0 Å². The Morgan fingerprint density at radius 1 is 1.55 bits per heavy atom. The van der Waals surface area contributed by atoms with Gasteiger partial charge in [0.05, 0.1) is 6.61 Å². The van der Waals surface area contributed by atoms with Crippen LogP contribution in [0.3, 0.4) is 0 Å². The summed E-state index contributed by atoms with van der Waals surface area (Å²) in [5.41, 5.74) is 0. The molecule has 0 aromatic rings. The molecule has 3 nitrogen and oxygen atoms in total. The summed E-state index contributed by atoms with van der Waals surface area (Å²) in [6, 6.07) is 0. The second kappa shape index (κ2) is 6.49. The molecule has 0 aliphatic heterocycles. The lowest BCUT2D eigenvalue weighted by atomic mass is 10.4. The molecule has 0 radical (unpaired) electrons. The van der Waals surface area contributed by atoms with Gasteiger partial charge in [-0.25, -0.2) is 4.79 Å². The summed E-state index contributed by atoms with van der Waals surface area (Å²) in [4.78, 5) is 12.6. The zero-order valence-electron chi connectivity index (χ0n) is 7.29. The molecule has 0 atom stereocenters. The number of nitrogens with zero attached hydrogens (tertiary/aromatic N) is 1. The van der Waals surface area contributed by atoms with Crippen molar-refractivity contribution >= 4 is 17.1 Å². The molecule has 0 aromatic carbocycles. The van der Waals surface area contributed by atoms with Crippen molar-refractivity contribution in [2.75, 3.05) is 33.5 Å². The molecule has 0 unspecified atom stereocenters. The third kappa shape index (κ3) is 7.68. The third-order valence-corrected chi connectivity index (χ3v) is 1.59. The summed E-state index contributed by atoms with van der Waals surface area (Å²) >= 11 is 1.11. The van der Waals surface area contributed by atoms with E-state index in [-0.39, 0.29) is 5.30 Å². The van der Waals surface area contributed by atoms with E-state index in [2.05, 4.69) is 4.90 Å². The highest BCUT2D eigenvalue weighted by molar-refractivity contribution is 8.12. The maximum Gasteiger partial charge on any atom is 0.367 e. The molecule has 0 aliphatic carbocycles. The number of ether oxygens (including phenoxy) is 1. The van der Waals surface area contributed by atoms with E-state index in [0.29, 0.717) is 6.61 Å². The van der Waals surface area contributed by atoms with E-state index in [1.807, 2.05) is 14.1 Å². The number of thioether (sulfide) groups is 1. The van der Waals surface area contributed by atoms with Crippen LogP contribution in [0, 0.1) is 0 Å². The van der Waals surface area contributed by atoms with E-state index < -0.39 is 0 Å². The molecule has 0 N–H and O–H groups in total. The first-order chi connectivity index (χ1) is 5.16. The molecule has 0 spiro atoms. The van der Waals surface area contributed by atoms with Crippen molar-refractivity contribution in [3.63, 3.8) is 0 Å². The predicted octanol–water partition coefficient (Wildman–Crippen LogP) is 1.44. The lowest BCUT2D eigenvalue weighted by molar-refractivity contribution is 0.169. The maximum atomic E-state index is 10.6. The van der Waals surface area contributed by atoms with E-state index in [9.17, 15) is 4.79 Å². The third-order valence-electron chi connectivity index (χ3n) is 1.14. The quantitative estimate of drug-likeness (QED) is 0.480. The van der Waals surface area contributed by atoms with Crippen LogP contribution < -0.4 is 0 Å². The lowest BCUT2D eigenvalue weighted by Crippen LogP contribution is -2.15. The minimum atomic E-state index is -0.191. The molecule has 0 fully saturated rings. The molecule has 0 rings (SSSR count). The summed E-state index contributed by atoms with van der Waals surface area (Å²) in [5.74, 6) is 0. The van der Waals surface area contributed by atoms with Gasteiger partial charge >= 0.3 is 5.30 Å². The van der Waals surface area contributed by atoms with Crippen molar-refractivity contribution in [2.24, 2.45) is 0 Å². The van der Waals surface area contributed by atoms with Crippen LogP contribution in [-0.2, 0) is 4.74 Å². The van der Waals surface area contributed by atoms with Gasteiger partial charge in [0.1, 0.15) is 0 Å². The van der Waals surface area contributed by atoms with Gasteiger partial charge in [0, 0.05) is 6.54 Å². The highest BCUT2D eigenvalue weighted by atomic mass is 32.2. The summed E-state index contributed by atoms with van der Waals surface area (Å²) in [7, 11) is 3.99. The molecular weight excluding hydrogens is 162 g/mol. The highest BCUT2D eigenvalue weighted by Gasteiger charge is 1.97. The molecule has 66 valence electrons. The van der Waals surface area contributed by atoms with Gasteiger partial charge in [0.15, 0.2) is 0 Å². The van der Waals surface area contributed by atoms with Crippen LogP contribution in [0.4, 0.5) is 4.79 Å². The first kappa shape index (κ1) is 10.8. The minimum absolute atomic E-state index is 0.191. The molecular formula is C7H15NO2S. The summed E-state index contributed by atoms with van der Waals surface area (Å²) < 4.78 is 4.84. The largest absolute Gasteiger partial charge is 0.458 e. The molecule has 0 saturated carbocycles. The van der Waals surface area contributed by atoms with E-state index in [0.717, 1.165) is 24.7 Å². The Morgan fingerprint density at radius 2 is 2.18 bits per heavy atom. The Kier molecular flexibility index (Phi) is 6.36. The smallest absolute Gasteiger partial charge is 0.367 e. The lowest BCUT2D eigenvalue weighted by Gasteiger charge is -2.08. The first-order valence-corrected chi connectivity index (χ1v) is 4.74. The van der Waals surface area contributed by atoms with Crippen LogP contribution in [0.15, 0.2) is 0 Å². The summed E-state index contributed by atoms with van der Waals surface area (Å²) in [5, 5.41) is -0.191. The second-order valence-electron chi connectivity index (χ2n) is 2.46. The van der Waals surface area contributed by atoms with Gasteiger partial charge in [-0.05, 0) is 38.5 Å². The molecule has 0 amide bonds. The van der Waals surface area contributed by atoms with Crippen LogP contribution in [0.2, 0.25) is 0 Å². The molecule has 0 heterocycles. The fraction of sp³-hybridized carbons (Fsp3) is 0.857. The van der Waals surface area contributed by atoms with Crippen LogP contribution in [0.1, 0.15) is 6.42 Å². The normalized spacial score (nSPS) is 10.2. The zero-order chi connectivity index (χ0) is 8.69. The number of hydrogen-bond donors (Lipinski definition) is 0. The average molecular weight is 177 g/mol. The summed E-state index contributed by atoms with van der Waals surface area (Å²) in [6.07, 6.45) is 2.62. The van der Waals surface area contributed by atoms with Crippen molar-refractivity contribution in [1.82, 2.24) is 4.90 Å². The van der Waals surface area contributed by atoms with Crippen molar-refractivity contribution in [3.8, 4) is 0 Å². The van der Waals surface area contributed by atoms with Gasteiger partial charge < -0.3 is 9.64 Å². The van der Waals surface area contributed by atoms with Crippen molar-refractivity contribution in [1.29, 1.82) is 0 Å². The minimum Gasteiger partial charge on any atom is -0.458 e. The summed E-state index contributed by atoms with van der Waals surface area (Å²) in [6.45, 7) is 1.49. The predicted molar refractivity (Wildman–Crippen MR) is 48.0 cm³/mol. The zero-order valence-corrected chi connectivity index (χ0v) is 8.11. The maximum absolute atomic E-state index is 10.6. The Hall–Kier alpha value is -0.220. The highest BCUT2D eigenvalue weighted by Crippen LogP contribution is 1.98. The average Bonchev–Trinajstić information content (AvgIpc) is 1.97. The monoisotopic (exact) mass is 177 g/mol. The Labute approximate surface area is 72.1 Å². The van der Waals surface area contributed by atoms with Gasteiger partial charge in [-0.2, -0.15) is 0 Å². The van der Waals surface area contributed by atoms with Crippen LogP contribution >= 0.6 is 11.8 Å². The molecule has 11 heavy (non-hydrogen) atoms. The number of carbonyl (C=O) groups excluding carboxylic acids is 1. The second-order valence-corrected chi connectivity index (χ2v) is 3.20. The van der Waals surface area contributed by atoms with Crippen LogP contribution in [-0.4, -0.2) is 43.7 Å². The SMILES string of the molecule is CSC(=O)OCCCN(C)C. The number of carbonyl (C=O) groups is 1. The van der Waals surface area contributed by atoms with E-state index in [1.54, 1.807) is 6.26 Å². The molecule has 0 saturated heterocycles. The van der Waals surface area contributed by atoms with E-state index in [4.69, 9.17) is 4.74 Å². The first-order valence-electron chi connectivity index (χ1n) is 3.52. The van der Waals surface area contributed by atoms with Gasteiger partial charge in [-0.15, -0.1) is 0 Å². The van der Waals surface area contributed by atoms with Gasteiger partial charge in [0.25, 0.3) is 0 Å². The van der Waals surface area contributed by atoms with Gasteiger partial charge in [0.2, 0.25) is 0 Å². The fourth-order valence-corrected chi connectivity index (χ4v) is 0.796.